The molecular weight excluding hydrogens is 402 g/mol. The van der Waals surface area contributed by atoms with Gasteiger partial charge in [0.1, 0.15) is 0 Å². The van der Waals surface area contributed by atoms with E-state index in [2.05, 4.69) is 20.2 Å². The second-order valence-corrected chi connectivity index (χ2v) is 10.3. The van der Waals surface area contributed by atoms with E-state index >= 15 is 0 Å². The second-order valence-electron chi connectivity index (χ2n) is 8.06. The van der Waals surface area contributed by atoms with E-state index in [-0.39, 0.29) is 23.5 Å². The Hall–Kier alpha value is -2.52. The smallest absolute Gasteiger partial charge is 0.253 e. The van der Waals surface area contributed by atoms with E-state index in [0.717, 1.165) is 30.2 Å². The number of nitrogens with one attached hydrogen (secondary N) is 1. The quantitative estimate of drug-likeness (QED) is 0.791. The van der Waals surface area contributed by atoms with Crippen LogP contribution in [0.4, 0.5) is 11.6 Å². The predicted molar refractivity (Wildman–Crippen MR) is 116 cm³/mol. The van der Waals surface area contributed by atoms with Crippen LogP contribution in [0.3, 0.4) is 0 Å². The molecule has 4 rings (SSSR count). The summed E-state index contributed by atoms with van der Waals surface area (Å²) >= 11 is 0. The maximum atomic E-state index is 12.9. The number of nitrogens with zero attached hydrogens (tertiary/aromatic N) is 4. The molecule has 0 unspecified atom stereocenters. The lowest BCUT2D eigenvalue weighted by molar-refractivity contribution is 0.0588. The van der Waals surface area contributed by atoms with Gasteiger partial charge in [-0.15, -0.1) is 0 Å². The summed E-state index contributed by atoms with van der Waals surface area (Å²) in [6, 6.07) is 9.34. The number of hydrogen-bond donors (Lipinski definition) is 1. The van der Waals surface area contributed by atoms with Crippen LogP contribution in [0.25, 0.3) is 0 Å². The van der Waals surface area contributed by atoms with Gasteiger partial charge < -0.3 is 10.2 Å². The summed E-state index contributed by atoms with van der Waals surface area (Å²) in [5.74, 6) is 1.07. The molecule has 2 fully saturated rings. The molecule has 30 heavy (non-hydrogen) atoms. The molecule has 1 aromatic carbocycles. The fourth-order valence-electron chi connectivity index (χ4n) is 4.14. The van der Waals surface area contributed by atoms with Crippen molar-refractivity contribution in [3.05, 3.63) is 47.3 Å². The Morgan fingerprint density at radius 1 is 1.03 bits per heavy atom. The summed E-state index contributed by atoms with van der Waals surface area (Å²) in [4.78, 5) is 25.7. The zero-order chi connectivity index (χ0) is 21.3. The first-order valence-electron chi connectivity index (χ1n) is 10.2. The monoisotopic (exact) mass is 429 g/mol. The van der Waals surface area contributed by atoms with Crippen LogP contribution in [-0.2, 0) is 9.84 Å². The Morgan fingerprint density at radius 2 is 1.67 bits per heavy atom. The largest absolute Gasteiger partial charge is 0.336 e. The van der Waals surface area contributed by atoms with Gasteiger partial charge in [0.15, 0.2) is 9.84 Å². The van der Waals surface area contributed by atoms with Crippen molar-refractivity contribution in [1.29, 1.82) is 0 Å². The number of hydrogen-bond acceptors (Lipinski definition) is 7. The number of anilines is 2. The van der Waals surface area contributed by atoms with E-state index in [9.17, 15) is 13.2 Å². The molecule has 1 aromatic heterocycles. The molecule has 0 aliphatic carbocycles. The molecule has 8 nitrogen and oxygen atoms in total. The number of piperazine rings is 1. The molecule has 2 aliphatic heterocycles. The normalized spacial score (nSPS) is 21.5. The number of aromatic nitrogens is 2. The van der Waals surface area contributed by atoms with Gasteiger partial charge in [-0.3, -0.25) is 9.69 Å². The fraction of sp³-hybridized carbons (Fsp3) is 0.476. The average Bonchev–Trinajstić information content (AvgIpc) is 3.07. The zero-order valence-corrected chi connectivity index (χ0v) is 18.2. The highest BCUT2D eigenvalue weighted by Crippen LogP contribution is 2.21. The van der Waals surface area contributed by atoms with E-state index in [4.69, 9.17) is 0 Å². The Balaban J connectivity index is 1.34. The molecule has 2 saturated heterocycles. The molecule has 9 heteroatoms. The lowest BCUT2D eigenvalue weighted by Crippen LogP contribution is -2.52. The fourth-order valence-corrected chi connectivity index (χ4v) is 5.90. The van der Waals surface area contributed by atoms with Crippen molar-refractivity contribution in [1.82, 2.24) is 19.8 Å². The molecule has 2 aliphatic rings. The van der Waals surface area contributed by atoms with Crippen LogP contribution in [0.2, 0.25) is 0 Å². The minimum atomic E-state index is -2.89. The zero-order valence-electron chi connectivity index (χ0n) is 17.3. The second kappa shape index (κ2) is 8.31. The van der Waals surface area contributed by atoms with Crippen molar-refractivity contribution >= 4 is 27.4 Å². The first-order valence-corrected chi connectivity index (χ1v) is 12.0. The number of aryl methyl sites for hydroxylation is 2. The van der Waals surface area contributed by atoms with Crippen LogP contribution < -0.4 is 5.32 Å². The average molecular weight is 430 g/mol. The minimum Gasteiger partial charge on any atom is -0.336 e. The van der Waals surface area contributed by atoms with Crippen LogP contribution in [0.15, 0.2) is 30.3 Å². The molecule has 0 radical (unpaired) electrons. The van der Waals surface area contributed by atoms with E-state index in [1.807, 2.05) is 49.1 Å². The standard InChI is InChI=1S/C21H27N5O3S/c1-15-13-16(2)23-21(22-15)24-18-5-3-17(4-6-18)20(27)26-10-8-25(9-11-26)19-7-12-30(28,29)14-19/h3-6,13,19H,7-12,14H2,1-2H3,(H,22,23,24)/t19-/m1/s1. The Kier molecular flexibility index (Phi) is 5.75. The lowest BCUT2D eigenvalue weighted by Gasteiger charge is -2.37. The molecule has 0 saturated carbocycles. The van der Waals surface area contributed by atoms with Gasteiger partial charge >= 0.3 is 0 Å². The van der Waals surface area contributed by atoms with Gasteiger partial charge in [-0.05, 0) is 50.6 Å². The topological polar surface area (TPSA) is 95.5 Å². The molecule has 0 bridgehead atoms. The molecule has 160 valence electrons. The van der Waals surface area contributed by atoms with Crippen LogP contribution in [-0.4, -0.2) is 77.8 Å². The Morgan fingerprint density at radius 3 is 2.23 bits per heavy atom. The van der Waals surface area contributed by atoms with E-state index in [1.54, 1.807) is 0 Å². The maximum Gasteiger partial charge on any atom is 0.253 e. The van der Waals surface area contributed by atoms with Crippen molar-refractivity contribution in [2.45, 2.75) is 26.3 Å². The summed E-state index contributed by atoms with van der Waals surface area (Å²) in [6.45, 7) is 6.52. The molecular formula is C21H27N5O3S. The highest BCUT2D eigenvalue weighted by atomic mass is 32.2. The number of benzene rings is 1. The molecule has 1 N–H and O–H groups in total. The van der Waals surface area contributed by atoms with Gasteiger partial charge in [0, 0.05) is 54.9 Å². The van der Waals surface area contributed by atoms with E-state index < -0.39 is 9.84 Å². The van der Waals surface area contributed by atoms with Gasteiger partial charge in [0.25, 0.3) is 5.91 Å². The van der Waals surface area contributed by atoms with Crippen LogP contribution >= 0.6 is 0 Å². The van der Waals surface area contributed by atoms with E-state index in [1.165, 1.54) is 0 Å². The summed E-state index contributed by atoms with van der Waals surface area (Å²) in [5, 5.41) is 3.17. The van der Waals surface area contributed by atoms with Crippen molar-refractivity contribution in [3.63, 3.8) is 0 Å². The molecule has 3 heterocycles. The van der Waals surface area contributed by atoms with Crippen LogP contribution in [0.5, 0.6) is 0 Å². The van der Waals surface area contributed by atoms with Gasteiger partial charge in [-0.2, -0.15) is 0 Å². The SMILES string of the molecule is Cc1cc(C)nc(Nc2ccc(C(=O)N3CCN([C@@H]4CCS(=O)(=O)C4)CC3)cc2)n1. The summed E-state index contributed by atoms with van der Waals surface area (Å²) < 4.78 is 23.4. The number of carbonyl (C=O) groups is 1. The molecule has 0 spiro atoms. The van der Waals surface area contributed by atoms with Gasteiger partial charge in [0.2, 0.25) is 5.95 Å². The van der Waals surface area contributed by atoms with E-state index in [0.29, 0.717) is 31.0 Å². The van der Waals surface area contributed by atoms with Crippen molar-refractivity contribution in [2.75, 3.05) is 43.0 Å². The van der Waals surface area contributed by atoms with Gasteiger partial charge in [0.05, 0.1) is 11.5 Å². The number of carbonyl (C=O) groups excluding carboxylic acids is 1. The predicted octanol–water partition coefficient (Wildman–Crippen LogP) is 1.78. The van der Waals surface area contributed by atoms with Crippen LogP contribution in [0, 0.1) is 13.8 Å². The summed E-state index contributed by atoms with van der Waals surface area (Å²) in [7, 11) is -2.89. The third-order valence-corrected chi connectivity index (χ3v) is 7.45. The van der Waals surface area contributed by atoms with Gasteiger partial charge in [-0.1, -0.05) is 0 Å². The molecule has 1 amide bonds. The van der Waals surface area contributed by atoms with Crippen molar-refractivity contribution in [2.24, 2.45) is 0 Å². The first-order chi connectivity index (χ1) is 14.3. The highest BCUT2D eigenvalue weighted by molar-refractivity contribution is 7.91. The van der Waals surface area contributed by atoms with Crippen molar-refractivity contribution in [3.8, 4) is 0 Å². The lowest BCUT2D eigenvalue weighted by atomic mass is 10.1. The number of sulfone groups is 1. The molecule has 1 atom stereocenters. The highest BCUT2D eigenvalue weighted by Gasteiger charge is 2.34. The van der Waals surface area contributed by atoms with Gasteiger partial charge in [-0.25, -0.2) is 18.4 Å². The first kappa shape index (κ1) is 20.7. The number of rotatable bonds is 4. The Bertz CT molecular complexity index is 1010. The summed E-state index contributed by atoms with van der Waals surface area (Å²) in [6.07, 6.45) is 0.703. The molecule has 2 aromatic rings. The third-order valence-electron chi connectivity index (χ3n) is 5.70. The van der Waals surface area contributed by atoms with Crippen molar-refractivity contribution < 1.29 is 13.2 Å². The summed E-state index contributed by atoms with van der Waals surface area (Å²) in [5.41, 5.74) is 3.25. The number of amides is 1. The minimum absolute atomic E-state index is 0.00268. The van der Waals surface area contributed by atoms with Crippen LogP contribution in [0.1, 0.15) is 28.2 Å². The third kappa shape index (κ3) is 4.79. The Labute approximate surface area is 177 Å². The maximum absolute atomic E-state index is 12.9.